The van der Waals surface area contributed by atoms with E-state index in [1.165, 1.54) is 5.01 Å². The van der Waals surface area contributed by atoms with E-state index in [1.807, 2.05) is 22.9 Å². The smallest absolute Gasteiger partial charge is 0.166 e. The van der Waals surface area contributed by atoms with E-state index in [4.69, 9.17) is 0 Å². The van der Waals surface area contributed by atoms with Crippen LogP contribution in [-0.4, -0.2) is 15.8 Å². The molecular weight excluding hydrogens is 220 g/mol. The topological polar surface area (TPSA) is 34.9 Å². The summed E-state index contributed by atoms with van der Waals surface area (Å²) in [6.45, 7) is 2.83. The van der Waals surface area contributed by atoms with E-state index in [2.05, 4.69) is 17.3 Å². The molecule has 0 atom stereocenters. The Morgan fingerprint density at radius 1 is 1.56 bits per heavy atom. The highest BCUT2D eigenvalue weighted by atomic mass is 32.1. The number of aromatic nitrogens is 2. The molecule has 16 heavy (non-hydrogen) atoms. The Morgan fingerprint density at radius 2 is 2.44 bits per heavy atom. The lowest BCUT2D eigenvalue weighted by atomic mass is 10.3. The third-order valence-electron chi connectivity index (χ3n) is 2.38. The molecule has 0 aliphatic carbocycles. The van der Waals surface area contributed by atoms with Crippen molar-refractivity contribution in [2.24, 2.45) is 0 Å². The monoisotopic (exact) mass is 234 g/mol. The van der Waals surface area contributed by atoms with Crippen molar-refractivity contribution in [1.82, 2.24) is 9.55 Å². The quantitative estimate of drug-likeness (QED) is 0.746. The molecule has 2 aromatic heterocycles. The van der Waals surface area contributed by atoms with Crippen LogP contribution >= 0.6 is 11.3 Å². The van der Waals surface area contributed by atoms with E-state index < -0.39 is 0 Å². The average Bonchev–Trinajstić information content (AvgIpc) is 2.89. The Bertz CT molecular complexity index is 473. The van der Waals surface area contributed by atoms with Crippen LogP contribution < -0.4 is 0 Å². The maximum atomic E-state index is 10.7. The van der Waals surface area contributed by atoms with E-state index in [0.29, 0.717) is 12.2 Å². The number of thiazole rings is 1. The number of rotatable bonds is 5. The summed E-state index contributed by atoms with van der Waals surface area (Å²) in [5.41, 5.74) is 1.73. The molecule has 84 valence electrons. The number of hydrogen-bond donors (Lipinski definition) is 0. The number of nitrogens with zero attached hydrogens (tertiary/aromatic N) is 2. The summed E-state index contributed by atoms with van der Waals surface area (Å²) < 4.78 is 1.91. The van der Waals surface area contributed by atoms with Crippen LogP contribution in [0.1, 0.15) is 34.5 Å². The van der Waals surface area contributed by atoms with E-state index in [-0.39, 0.29) is 0 Å². The summed E-state index contributed by atoms with van der Waals surface area (Å²) >= 11 is 1.70. The zero-order valence-corrected chi connectivity index (χ0v) is 10.0. The van der Waals surface area contributed by atoms with Gasteiger partial charge in [-0.2, -0.15) is 0 Å². The van der Waals surface area contributed by atoms with Crippen molar-refractivity contribution in [2.75, 3.05) is 0 Å². The van der Waals surface area contributed by atoms with Crippen LogP contribution in [0.4, 0.5) is 0 Å². The molecule has 0 aliphatic heterocycles. The van der Waals surface area contributed by atoms with Crippen LogP contribution in [0.5, 0.6) is 0 Å². The number of hydrogen-bond acceptors (Lipinski definition) is 3. The first-order valence-electron chi connectivity index (χ1n) is 5.37. The fourth-order valence-electron chi connectivity index (χ4n) is 1.60. The number of aldehydes is 1. The second-order valence-corrected chi connectivity index (χ2v) is 4.60. The predicted octanol–water partition coefficient (Wildman–Crippen LogP) is 2.76. The maximum absolute atomic E-state index is 10.7. The molecular formula is C12H14N2OS. The fourth-order valence-corrected chi connectivity index (χ4v) is 2.49. The minimum Gasteiger partial charge on any atom is -0.339 e. The summed E-state index contributed by atoms with van der Waals surface area (Å²) in [5.74, 6) is 0. The second kappa shape index (κ2) is 5.07. The standard InChI is InChI=1S/C12H14N2OS/c1-2-4-12-13-10(9-16-12)7-14-6-3-5-11(14)8-15/h3,5-6,8-9H,2,4,7H2,1H3. The van der Waals surface area contributed by atoms with Gasteiger partial charge in [-0.15, -0.1) is 11.3 Å². The highest BCUT2D eigenvalue weighted by Crippen LogP contribution is 2.13. The molecule has 0 N–H and O–H groups in total. The molecule has 0 amide bonds. The first-order valence-corrected chi connectivity index (χ1v) is 6.25. The number of carbonyl (C=O) groups is 1. The van der Waals surface area contributed by atoms with E-state index in [9.17, 15) is 4.79 Å². The zero-order valence-electron chi connectivity index (χ0n) is 9.22. The first-order chi connectivity index (χ1) is 7.83. The molecule has 0 aromatic carbocycles. The summed E-state index contributed by atoms with van der Waals surface area (Å²) in [6.07, 6.45) is 4.94. The van der Waals surface area contributed by atoms with Gasteiger partial charge in [-0.05, 0) is 25.0 Å². The van der Waals surface area contributed by atoms with Crippen LogP contribution in [0.15, 0.2) is 23.7 Å². The van der Waals surface area contributed by atoms with Crippen LogP contribution in [0.2, 0.25) is 0 Å². The van der Waals surface area contributed by atoms with Gasteiger partial charge in [0.2, 0.25) is 0 Å². The SMILES string of the molecule is CCCc1nc(Cn2cccc2C=O)cs1. The van der Waals surface area contributed by atoms with Gasteiger partial charge in [0.1, 0.15) is 0 Å². The minimum absolute atomic E-state index is 0.682. The highest BCUT2D eigenvalue weighted by molar-refractivity contribution is 7.09. The summed E-state index contributed by atoms with van der Waals surface area (Å²) in [7, 11) is 0. The van der Waals surface area contributed by atoms with Gasteiger partial charge in [0.25, 0.3) is 0 Å². The van der Waals surface area contributed by atoms with Gasteiger partial charge in [-0.3, -0.25) is 4.79 Å². The van der Waals surface area contributed by atoms with Crippen LogP contribution in [0.3, 0.4) is 0 Å². The van der Waals surface area contributed by atoms with Crippen LogP contribution in [0, 0.1) is 0 Å². The third kappa shape index (κ3) is 2.39. The zero-order chi connectivity index (χ0) is 11.4. The summed E-state index contributed by atoms with van der Waals surface area (Å²) in [6, 6.07) is 3.69. The molecule has 0 fully saturated rings. The lowest BCUT2D eigenvalue weighted by Crippen LogP contribution is -2.02. The molecule has 2 aromatic rings. The highest BCUT2D eigenvalue weighted by Gasteiger charge is 2.04. The molecule has 0 saturated carbocycles. The van der Waals surface area contributed by atoms with Gasteiger partial charge in [0, 0.05) is 11.6 Å². The summed E-state index contributed by atoms with van der Waals surface area (Å²) in [4.78, 5) is 15.3. The largest absolute Gasteiger partial charge is 0.339 e. The van der Waals surface area contributed by atoms with Gasteiger partial charge < -0.3 is 4.57 Å². The lowest BCUT2D eigenvalue weighted by Gasteiger charge is -2.01. The molecule has 0 saturated heterocycles. The molecule has 2 heterocycles. The average molecular weight is 234 g/mol. The Hall–Kier alpha value is -1.42. The Labute approximate surface area is 98.8 Å². The van der Waals surface area contributed by atoms with Crippen molar-refractivity contribution in [3.05, 3.63) is 40.1 Å². The molecule has 0 unspecified atom stereocenters. The first kappa shape index (κ1) is 11.1. The molecule has 0 bridgehead atoms. The molecule has 0 aliphatic rings. The van der Waals surface area contributed by atoms with Crippen molar-refractivity contribution in [3.8, 4) is 0 Å². The lowest BCUT2D eigenvalue weighted by molar-refractivity contribution is 0.111. The van der Waals surface area contributed by atoms with E-state index in [1.54, 1.807) is 11.3 Å². The Kier molecular flexibility index (Phi) is 3.51. The fraction of sp³-hybridized carbons (Fsp3) is 0.333. The molecule has 4 heteroatoms. The van der Waals surface area contributed by atoms with Crippen molar-refractivity contribution in [3.63, 3.8) is 0 Å². The maximum Gasteiger partial charge on any atom is 0.166 e. The van der Waals surface area contributed by atoms with Crippen molar-refractivity contribution in [2.45, 2.75) is 26.3 Å². The second-order valence-electron chi connectivity index (χ2n) is 3.66. The van der Waals surface area contributed by atoms with Crippen molar-refractivity contribution in [1.29, 1.82) is 0 Å². The van der Waals surface area contributed by atoms with Gasteiger partial charge >= 0.3 is 0 Å². The third-order valence-corrected chi connectivity index (χ3v) is 3.34. The van der Waals surface area contributed by atoms with Crippen LogP contribution in [-0.2, 0) is 13.0 Å². The Balaban J connectivity index is 2.11. The van der Waals surface area contributed by atoms with Gasteiger partial charge in [-0.25, -0.2) is 4.98 Å². The van der Waals surface area contributed by atoms with Gasteiger partial charge in [0.05, 0.1) is 22.9 Å². The number of aryl methyl sites for hydroxylation is 1. The van der Waals surface area contributed by atoms with Crippen molar-refractivity contribution < 1.29 is 4.79 Å². The molecule has 3 nitrogen and oxygen atoms in total. The van der Waals surface area contributed by atoms with Crippen LogP contribution in [0.25, 0.3) is 0 Å². The molecule has 0 radical (unpaired) electrons. The molecule has 2 rings (SSSR count). The minimum atomic E-state index is 0.682. The normalized spacial score (nSPS) is 10.6. The Morgan fingerprint density at radius 3 is 3.19 bits per heavy atom. The van der Waals surface area contributed by atoms with E-state index in [0.717, 1.165) is 24.8 Å². The molecule has 0 spiro atoms. The van der Waals surface area contributed by atoms with Gasteiger partial charge in [-0.1, -0.05) is 6.92 Å². The van der Waals surface area contributed by atoms with E-state index >= 15 is 0 Å². The van der Waals surface area contributed by atoms with Crippen molar-refractivity contribution >= 4 is 17.6 Å². The van der Waals surface area contributed by atoms with Gasteiger partial charge in [0.15, 0.2) is 6.29 Å². The summed E-state index contributed by atoms with van der Waals surface area (Å²) in [5, 5.41) is 3.25. The predicted molar refractivity (Wildman–Crippen MR) is 65.0 cm³/mol. The number of carbonyl (C=O) groups excluding carboxylic acids is 1.